The second kappa shape index (κ2) is 7.64. The SMILES string of the molecule is Cc1nc(N2CCCN(Cc3cccs3)CC2)c(C#N)cc1C(=O)O. The summed E-state index contributed by atoms with van der Waals surface area (Å²) in [5.74, 6) is -0.450. The van der Waals surface area contributed by atoms with E-state index >= 15 is 0 Å². The van der Waals surface area contributed by atoms with Crippen molar-refractivity contribution < 1.29 is 9.90 Å². The summed E-state index contributed by atoms with van der Waals surface area (Å²) >= 11 is 1.77. The topological polar surface area (TPSA) is 80.5 Å². The summed E-state index contributed by atoms with van der Waals surface area (Å²) < 4.78 is 0. The molecule has 0 radical (unpaired) electrons. The minimum Gasteiger partial charge on any atom is -0.478 e. The monoisotopic (exact) mass is 356 g/mol. The van der Waals surface area contributed by atoms with E-state index in [1.165, 1.54) is 10.9 Å². The van der Waals surface area contributed by atoms with E-state index < -0.39 is 5.97 Å². The van der Waals surface area contributed by atoms with Crippen LogP contribution < -0.4 is 4.90 Å². The van der Waals surface area contributed by atoms with Gasteiger partial charge in [0.25, 0.3) is 0 Å². The zero-order chi connectivity index (χ0) is 17.8. The Morgan fingerprint density at radius 3 is 2.92 bits per heavy atom. The van der Waals surface area contributed by atoms with Crippen molar-refractivity contribution in [3.05, 3.63) is 45.3 Å². The lowest BCUT2D eigenvalue weighted by Gasteiger charge is -2.24. The number of carbonyl (C=O) groups is 1. The number of carboxylic acid groups (broad SMARTS) is 1. The molecule has 6 nitrogen and oxygen atoms in total. The van der Waals surface area contributed by atoms with E-state index in [0.29, 0.717) is 17.1 Å². The largest absolute Gasteiger partial charge is 0.478 e. The number of hydrogen-bond acceptors (Lipinski definition) is 6. The predicted octanol–water partition coefficient (Wildman–Crippen LogP) is 2.73. The summed E-state index contributed by atoms with van der Waals surface area (Å²) in [5.41, 5.74) is 0.866. The fourth-order valence-corrected chi connectivity index (χ4v) is 3.84. The number of nitrogens with zero attached hydrogens (tertiary/aromatic N) is 4. The van der Waals surface area contributed by atoms with Crippen molar-refractivity contribution in [3.63, 3.8) is 0 Å². The summed E-state index contributed by atoms with van der Waals surface area (Å²) in [6.07, 6.45) is 0.984. The van der Waals surface area contributed by atoms with Gasteiger partial charge in [0, 0.05) is 37.6 Å². The van der Waals surface area contributed by atoms with Gasteiger partial charge < -0.3 is 10.0 Å². The summed E-state index contributed by atoms with van der Waals surface area (Å²) in [6, 6.07) is 7.76. The fraction of sp³-hybridized carbons (Fsp3) is 0.389. The molecule has 1 N–H and O–H groups in total. The van der Waals surface area contributed by atoms with Gasteiger partial charge in [-0.05, 0) is 30.9 Å². The van der Waals surface area contributed by atoms with Crippen LogP contribution in [-0.4, -0.2) is 47.1 Å². The van der Waals surface area contributed by atoms with E-state index in [-0.39, 0.29) is 5.56 Å². The second-order valence-electron chi connectivity index (χ2n) is 6.11. The van der Waals surface area contributed by atoms with Crippen molar-refractivity contribution in [2.75, 3.05) is 31.1 Å². The molecule has 130 valence electrons. The van der Waals surface area contributed by atoms with E-state index in [2.05, 4.69) is 38.4 Å². The summed E-state index contributed by atoms with van der Waals surface area (Å²) in [5, 5.41) is 20.7. The molecule has 25 heavy (non-hydrogen) atoms. The molecule has 0 aromatic carbocycles. The van der Waals surface area contributed by atoms with E-state index in [0.717, 1.165) is 39.1 Å². The standard InChI is InChI=1S/C18H20N4O2S/c1-13-16(18(23)24)10-14(11-19)17(20-13)22-6-3-5-21(7-8-22)12-15-4-2-9-25-15/h2,4,9-10H,3,5-8,12H2,1H3,(H,23,24). The maximum Gasteiger partial charge on any atom is 0.337 e. The third-order valence-electron chi connectivity index (χ3n) is 4.39. The molecule has 0 bridgehead atoms. The van der Waals surface area contributed by atoms with Crippen LogP contribution in [0.4, 0.5) is 5.82 Å². The van der Waals surface area contributed by atoms with Crippen LogP contribution in [0.1, 0.15) is 32.9 Å². The Balaban J connectivity index is 1.77. The average molecular weight is 356 g/mol. The number of thiophene rings is 1. The van der Waals surface area contributed by atoms with Gasteiger partial charge in [-0.2, -0.15) is 5.26 Å². The normalized spacial score (nSPS) is 15.6. The van der Waals surface area contributed by atoms with Crippen molar-refractivity contribution in [1.82, 2.24) is 9.88 Å². The number of aromatic nitrogens is 1. The molecule has 0 spiro atoms. The number of pyridine rings is 1. The van der Waals surface area contributed by atoms with Crippen molar-refractivity contribution in [1.29, 1.82) is 5.26 Å². The molecule has 0 saturated carbocycles. The molecule has 2 aromatic heterocycles. The van der Waals surface area contributed by atoms with Crippen LogP contribution in [0.15, 0.2) is 23.6 Å². The van der Waals surface area contributed by atoms with E-state index in [1.54, 1.807) is 18.3 Å². The van der Waals surface area contributed by atoms with E-state index in [4.69, 9.17) is 0 Å². The van der Waals surface area contributed by atoms with E-state index in [9.17, 15) is 15.2 Å². The molecule has 1 saturated heterocycles. The summed E-state index contributed by atoms with van der Waals surface area (Å²) in [7, 11) is 0. The molecule has 1 aliphatic heterocycles. The average Bonchev–Trinajstić information content (AvgIpc) is 2.99. The Morgan fingerprint density at radius 1 is 1.40 bits per heavy atom. The smallest absolute Gasteiger partial charge is 0.337 e. The van der Waals surface area contributed by atoms with Crippen molar-refractivity contribution in [2.24, 2.45) is 0 Å². The van der Waals surface area contributed by atoms with Crippen molar-refractivity contribution in [3.8, 4) is 6.07 Å². The van der Waals surface area contributed by atoms with Gasteiger partial charge in [-0.1, -0.05) is 6.07 Å². The number of nitriles is 1. The molecule has 0 atom stereocenters. The van der Waals surface area contributed by atoms with Crippen LogP contribution in [0.5, 0.6) is 0 Å². The first-order valence-corrected chi connectivity index (χ1v) is 9.11. The highest BCUT2D eigenvalue weighted by Crippen LogP contribution is 2.23. The van der Waals surface area contributed by atoms with Crippen molar-refractivity contribution in [2.45, 2.75) is 19.9 Å². The number of hydrogen-bond donors (Lipinski definition) is 1. The van der Waals surface area contributed by atoms with Gasteiger partial charge in [-0.3, -0.25) is 4.90 Å². The maximum absolute atomic E-state index is 11.3. The number of aromatic carboxylic acids is 1. The molecule has 3 rings (SSSR count). The summed E-state index contributed by atoms with van der Waals surface area (Å²) in [4.78, 5) is 21.6. The fourth-order valence-electron chi connectivity index (χ4n) is 3.10. The molecular formula is C18H20N4O2S. The first-order chi connectivity index (χ1) is 12.1. The Kier molecular flexibility index (Phi) is 5.31. The molecule has 1 fully saturated rings. The molecule has 0 aliphatic carbocycles. The first kappa shape index (κ1) is 17.4. The predicted molar refractivity (Wildman–Crippen MR) is 97.1 cm³/mol. The van der Waals surface area contributed by atoms with Gasteiger partial charge in [0.1, 0.15) is 11.9 Å². The molecule has 3 heterocycles. The maximum atomic E-state index is 11.3. The highest BCUT2D eigenvalue weighted by molar-refractivity contribution is 7.09. The van der Waals surface area contributed by atoms with Crippen LogP contribution in [0, 0.1) is 18.3 Å². The molecule has 2 aromatic rings. The van der Waals surface area contributed by atoms with Gasteiger partial charge in [0.2, 0.25) is 0 Å². The Labute approximate surface area is 150 Å². The summed E-state index contributed by atoms with van der Waals surface area (Å²) in [6.45, 7) is 6.11. The number of rotatable bonds is 4. The zero-order valence-electron chi connectivity index (χ0n) is 14.1. The van der Waals surface area contributed by atoms with Gasteiger partial charge >= 0.3 is 5.97 Å². The molecule has 7 heteroatoms. The van der Waals surface area contributed by atoms with E-state index in [1.807, 2.05) is 0 Å². The second-order valence-corrected chi connectivity index (χ2v) is 7.14. The quantitative estimate of drug-likeness (QED) is 0.907. The lowest BCUT2D eigenvalue weighted by molar-refractivity contribution is 0.0695. The third-order valence-corrected chi connectivity index (χ3v) is 5.25. The van der Waals surface area contributed by atoms with Gasteiger partial charge in [-0.15, -0.1) is 11.3 Å². The Hall–Kier alpha value is -2.43. The minimum absolute atomic E-state index is 0.0921. The highest BCUT2D eigenvalue weighted by Gasteiger charge is 2.21. The van der Waals surface area contributed by atoms with Gasteiger partial charge in [-0.25, -0.2) is 9.78 Å². The lowest BCUT2D eigenvalue weighted by Crippen LogP contribution is -2.31. The van der Waals surface area contributed by atoms with Crippen LogP contribution in [0.3, 0.4) is 0 Å². The molecule has 0 amide bonds. The Morgan fingerprint density at radius 2 is 2.24 bits per heavy atom. The Bertz CT molecular complexity index is 798. The number of aryl methyl sites for hydroxylation is 1. The third kappa shape index (κ3) is 3.98. The number of carboxylic acids is 1. The van der Waals surface area contributed by atoms with Crippen molar-refractivity contribution >= 4 is 23.1 Å². The van der Waals surface area contributed by atoms with Gasteiger partial charge in [0.15, 0.2) is 0 Å². The molecular weight excluding hydrogens is 336 g/mol. The minimum atomic E-state index is -1.05. The molecule has 0 unspecified atom stereocenters. The zero-order valence-corrected chi connectivity index (χ0v) is 14.9. The van der Waals surface area contributed by atoms with Crippen LogP contribution in [0.2, 0.25) is 0 Å². The van der Waals surface area contributed by atoms with Crippen LogP contribution in [-0.2, 0) is 6.54 Å². The molecule has 1 aliphatic rings. The van der Waals surface area contributed by atoms with Gasteiger partial charge in [0.05, 0.1) is 16.8 Å². The lowest BCUT2D eigenvalue weighted by atomic mass is 10.1. The van der Waals surface area contributed by atoms with Crippen LogP contribution in [0.25, 0.3) is 0 Å². The number of anilines is 1. The van der Waals surface area contributed by atoms with Crippen LogP contribution >= 0.6 is 11.3 Å². The highest BCUT2D eigenvalue weighted by atomic mass is 32.1. The first-order valence-electron chi connectivity index (χ1n) is 8.23.